The number of fused-ring (bicyclic) bond motifs is 1. The maximum atomic E-state index is 12.8. The van der Waals surface area contributed by atoms with Crippen LogP contribution in [0.4, 0.5) is 0 Å². The van der Waals surface area contributed by atoms with E-state index in [0.29, 0.717) is 18.4 Å². The first kappa shape index (κ1) is 24.5. The fraction of sp³-hybridized carbons (Fsp3) is 0.548. The van der Waals surface area contributed by atoms with E-state index in [1.54, 1.807) is 0 Å². The lowest BCUT2D eigenvalue weighted by molar-refractivity contribution is -0.875. The monoisotopic (exact) mass is 504 g/mol. The van der Waals surface area contributed by atoms with Gasteiger partial charge in [-0.2, -0.15) is 0 Å². The largest absolute Gasteiger partial charge is 0.485 e. The highest BCUT2D eigenvalue weighted by Crippen LogP contribution is 2.70. The van der Waals surface area contributed by atoms with E-state index < -0.39 is 23.2 Å². The minimum Gasteiger partial charge on any atom is -0.485 e. The summed E-state index contributed by atoms with van der Waals surface area (Å²) in [6, 6.07) is 14.2. The number of cyclic esters (lactones) is 1. The molecule has 2 aromatic rings. The first-order valence-corrected chi connectivity index (χ1v) is 13.6. The highest BCUT2D eigenvalue weighted by molar-refractivity contribution is 5.91. The average molecular weight is 505 g/mol. The Morgan fingerprint density at radius 3 is 2.54 bits per heavy atom. The van der Waals surface area contributed by atoms with Crippen molar-refractivity contribution in [3.05, 3.63) is 54.1 Å². The number of hydrogen-bond donors (Lipinski definition) is 2. The Bertz CT molecular complexity index is 1330. The molecule has 196 valence electrons. The molecule has 6 atom stereocenters. The van der Waals surface area contributed by atoms with Crippen molar-refractivity contribution in [1.29, 1.82) is 0 Å². The van der Waals surface area contributed by atoms with Crippen molar-refractivity contribution in [2.24, 2.45) is 22.2 Å². The minimum absolute atomic E-state index is 0.0479. The number of rotatable bonds is 5. The topological polar surface area (TPSA) is 79.0 Å². The Morgan fingerprint density at radius 2 is 1.84 bits per heavy atom. The molecule has 2 N–H and O–H groups in total. The molecule has 0 saturated heterocycles. The molecule has 2 fully saturated rings. The van der Waals surface area contributed by atoms with E-state index in [2.05, 4.69) is 39.8 Å². The summed E-state index contributed by atoms with van der Waals surface area (Å²) in [6.45, 7) is 9.25. The number of ether oxygens (including phenoxy) is 2. The molecule has 2 heterocycles. The molecule has 6 rings (SSSR count). The molecule has 2 saturated carbocycles. The first-order chi connectivity index (χ1) is 17.5. The Labute approximate surface area is 218 Å². The van der Waals surface area contributed by atoms with E-state index >= 15 is 0 Å². The van der Waals surface area contributed by atoms with E-state index in [1.807, 2.05) is 42.6 Å². The highest BCUT2D eigenvalue weighted by Gasteiger charge is 2.82. The lowest BCUT2D eigenvalue weighted by Gasteiger charge is -2.66. The average Bonchev–Trinajstić information content (AvgIpc) is 3.29. The zero-order valence-corrected chi connectivity index (χ0v) is 22.2. The summed E-state index contributed by atoms with van der Waals surface area (Å²) < 4.78 is 13.4. The number of hydroxylamine groups is 1. The maximum Gasteiger partial charge on any atom is 0.337 e. The zero-order chi connectivity index (χ0) is 26.2. The van der Waals surface area contributed by atoms with E-state index in [1.165, 1.54) is 4.74 Å². The SMILES string of the molecule is CC1(C)CC[C@]23[N+](O)=C[C@]2(C)[C@H](O)CC[C@@]3(C)[C@@H]1CC(Oc1ccc2ccccc2c1)C1=CCOC1=O. The van der Waals surface area contributed by atoms with Gasteiger partial charge in [-0.05, 0) is 77.7 Å². The standard InChI is InChI=1S/C31H38NO5/c1-28(2)14-15-31-29(3,13-11-26(33)30(31,4)19-32(31)35)25(28)18-24(23-12-16-36-27(23)34)37-22-10-9-20-7-5-6-8-21(20)17-22/h5-10,12,17,19,24-26,33,35H,11,13-16,18H2,1-4H3/q+1/t24?,25-,26-,29+,30-,31-/m1/s1. The van der Waals surface area contributed by atoms with Gasteiger partial charge in [-0.3, -0.25) is 5.21 Å². The van der Waals surface area contributed by atoms with E-state index in [0.717, 1.165) is 35.8 Å². The molecule has 1 unspecified atom stereocenters. The van der Waals surface area contributed by atoms with Crippen LogP contribution in [0.15, 0.2) is 54.1 Å². The van der Waals surface area contributed by atoms with Crippen molar-refractivity contribution < 1.29 is 29.3 Å². The predicted molar refractivity (Wildman–Crippen MR) is 141 cm³/mol. The maximum absolute atomic E-state index is 12.8. The van der Waals surface area contributed by atoms with Crippen LogP contribution in [0.5, 0.6) is 5.75 Å². The molecule has 1 spiro atoms. The molecule has 6 nitrogen and oxygen atoms in total. The van der Waals surface area contributed by atoms with Crippen LogP contribution < -0.4 is 4.74 Å². The van der Waals surface area contributed by atoms with Gasteiger partial charge >= 0.3 is 5.97 Å². The molecule has 4 aliphatic rings. The quantitative estimate of drug-likeness (QED) is 0.329. The molecule has 2 aromatic carbocycles. The smallest absolute Gasteiger partial charge is 0.337 e. The second-order valence-corrected chi connectivity index (χ2v) is 12.7. The summed E-state index contributed by atoms with van der Waals surface area (Å²) >= 11 is 0. The lowest BCUT2D eigenvalue weighted by atomic mass is 9.37. The van der Waals surface area contributed by atoms with Gasteiger partial charge < -0.3 is 14.6 Å². The molecular formula is C31H38NO5+. The number of carbonyl (C=O) groups is 1. The molecule has 6 heteroatoms. The minimum atomic E-state index is -0.546. The van der Waals surface area contributed by atoms with Crippen molar-refractivity contribution in [2.45, 2.75) is 77.5 Å². The van der Waals surface area contributed by atoms with E-state index in [9.17, 15) is 15.1 Å². The number of hydrogen-bond acceptors (Lipinski definition) is 5. The fourth-order valence-electron chi connectivity index (χ4n) is 8.58. The second kappa shape index (κ2) is 8.07. The summed E-state index contributed by atoms with van der Waals surface area (Å²) in [5.41, 5.74) is -0.792. The third-order valence-electron chi connectivity index (χ3n) is 10.6. The van der Waals surface area contributed by atoms with Gasteiger partial charge in [-0.25, -0.2) is 4.79 Å². The van der Waals surface area contributed by atoms with Crippen LogP contribution in [0.1, 0.15) is 59.8 Å². The van der Waals surface area contributed by atoms with Crippen molar-refractivity contribution in [3.8, 4) is 5.75 Å². The van der Waals surface area contributed by atoms with Gasteiger partial charge in [-0.15, -0.1) is 0 Å². The summed E-state index contributed by atoms with van der Waals surface area (Å²) in [5.74, 6) is 0.537. The van der Waals surface area contributed by atoms with Gasteiger partial charge in [0, 0.05) is 11.8 Å². The Kier molecular flexibility index (Phi) is 5.34. The van der Waals surface area contributed by atoms with Gasteiger partial charge in [0.05, 0.1) is 11.7 Å². The fourth-order valence-corrected chi connectivity index (χ4v) is 8.58. The van der Waals surface area contributed by atoms with E-state index in [-0.39, 0.29) is 29.3 Å². The van der Waals surface area contributed by atoms with Crippen LogP contribution >= 0.6 is 0 Å². The number of benzene rings is 2. The molecule has 0 amide bonds. The van der Waals surface area contributed by atoms with Gasteiger partial charge in [0.15, 0.2) is 0 Å². The number of carbonyl (C=O) groups excluding carboxylic acids is 1. The van der Waals surface area contributed by atoms with Crippen molar-refractivity contribution >= 4 is 23.0 Å². The summed E-state index contributed by atoms with van der Waals surface area (Å²) in [7, 11) is 0. The first-order valence-electron chi connectivity index (χ1n) is 13.6. The van der Waals surface area contributed by atoms with Crippen LogP contribution in [-0.2, 0) is 9.53 Å². The number of aliphatic hydroxyl groups is 1. The van der Waals surface area contributed by atoms with Crippen LogP contribution in [-0.4, -0.2) is 51.6 Å². The Hall–Kier alpha value is -2.86. The second-order valence-electron chi connectivity index (χ2n) is 12.7. The van der Waals surface area contributed by atoms with Crippen molar-refractivity contribution in [2.75, 3.05) is 6.61 Å². The van der Waals surface area contributed by atoms with Crippen molar-refractivity contribution in [1.82, 2.24) is 0 Å². The molecule has 37 heavy (non-hydrogen) atoms. The molecule has 0 radical (unpaired) electrons. The lowest BCUT2D eigenvalue weighted by Crippen LogP contribution is -2.81. The predicted octanol–water partition coefficient (Wildman–Crippen LogP) is 5.29. The third kappa shape index (κ3) is 3.27. The molecule has 0 aromatic heterocycles. The van der Waals surface area contributed by atoms with Gasteiger partial charge in [0.2, 0.25) is 11.8 Å². The summed E-state index contributed by atoms with van der Waals surface area (Å²) in [6.07, 6.45) is 6.54. The van der Waals surface area contributed by atoms with E-state index in [4.69, 9.17) is 9.47 Å². The molecule has 0 bridgehead atoms. The van der Waals surface area contributed by atoms with Crippen LogP contribution in [0, 0.1) is 22.2 Å². The van der Waals surface area contributed by atoms with Crippen LogP contribution in [0.25, 0.3) is 10.8 Å². The zero-order valence-electron chi connectivity index (χ0n) is 22.2. The highest BCUT2D eigenvalue weighted by atomic mass is 16.5. The summed E-state index contributed by atoms with van der Waals surface area (Å²) in [4.78, 5) is 12.8. The third-order valence-corrected chi connectivity index (χ3v) is 10.6. The molecule has 2 aliphatic heterocycles. The van der Waals surface area contributed by atoms with Gasteiger partial charge in [-0.1, -0.05) is 51.1 Å². The molecular weight excluding hydrogens is 466 g/mol. The van der Waals surface area contributed by atoms with Gasteiger partial charge in [0.25, 0.3) is 0 Å². The Balaban J connectivity index is 1.40. The number of esters is 1. The number of aliphatic hydroxyl groups excluding tert-OH is 1. The molecule has 2 aliphatic carbocycles. The normalized spacial score (nSPS) is 36.9. The summed E-state index contributed by atoms with van der Waals surface area (Å²) in [5, 5.41) is 24.4. The van der Waals surface area contributed by atoms with Crippen LogP contribution in [0.2, 0.25) is 0 Å². The Morgan fingerprint density at radius 1 is 1.08 bits per heavy atom. The van der Waals surface area contributed by atoms with Gasteiger partial charge in [0.1, 0.15) is 23.9 Å². The van der Waals surface area contributed by atoms with Crippen molar-refractivity contribution in [3.63, 3.8) is 0 Å². The number of nitrogens with zero attached hydrogens (tertiary/aromatic N) is 1. The van der Waals surface area contributed by atoms with Crippen LogP contribution in [0.3, 0.4) is 0 Å².